The van der Waals surface area contributed by atoms with Crippen molar-refractivity contribution in [3.63, 3.8) is 0 Å². The van der Waals surface area contributed by atoms with Gasteiger partial charge in [0.15, 0.2) is 11.6 Å². The molecule has 2 aromatic heterocycles. The Hall–Kier alpha value is -2.58. The standard InChI is InChI=1S/C15H7ClF2N4OS/c16-7-1-3-9-12(5-7)20-15-22(13(9)23)21-14(24-15)19-8-2-4-10(17)11(18)6-8/h1-6H,(H,19,21). The molecule has 2 aromatic carbocycles. The average Bonchev–Trinajstić information content (AvgIpc) is 2.93. The summed E-state index contributed by atoms with van der Waals surface area (Å²) in [6, 6.07) is 8.17. The number of rotatable bonds is 2. The van der Waals surface area contributed by atoms with Gasteiger partial charge in [-0.25, -0.2) is 13.8 Å². The second-order valence-corrected chi connectivity index (χ2v) is 6.33. The third-order valence-corrected chi connectivity index (χ3v) is 4.39. The zero-order valence-electron chi connectivity index (χ0n) is 11.8. The van der Waals surface area contributed by atoms with Crippen LogP contribution in [0.25, 0.3) is 15.9 Å². The van der Waals surface area contributed by atoms with E-state index >= 15 is 0 Å². The largest absolute Gasteiger partial charge is 0.330 e. The molecule has 0 aliphatic rings. The highest BCUT2D eigenvalue weighted by molar-refractivity contribution is 7.20. The quantitative estimate of drug-likeness (QED) is 0.584. The fourth-order valence-corrected chi connectivity index (χ4v) is 3.21. The lowest BCUT2D eigenvalue weighted by Gasteiger charge is -2.01. The van der Waals surface area contributed by atoms with Crippen molar-refractivity contribution in [2.24, 2.45) is 0 Å². The zero-order chi connectivity index (χ0) is 16.8. The van der Waals surface area contributed by atoms with Crippen LogP contribution in [-0.2, 0) is 0 Å². The number of hydrogen-bond donors (Lipinski definition) is 1. The van der Waals surface area contributed by atoms with Crippen LogP contribution in [0.2, 0.25) is 5.02 Å². The summed E-state index contributed by atoms with van der Waals surface area (Å²) < 4.78 is 27.4. The molecule has 1 N–H and O–H groups in total. The maximum atomic E-state index is 13.3. The maximum absolute atomic E-state index is 13.3. The number of nitrogens with one attached hydrogen (secondary N) is 1. The summed E-state index contributed by atoms with van der Waals surface area (Å²) in [6.07, 6.45) is 0. The molecule has 0 radical (unpaired) electrons. The summed E-state index contributed by atoms with van der Waals surface area (Å²) in [5.41, 5.74) is 0.449. The highest BCUT2D eigenvalue weighted by atomic mass is 35.5. The molecular formula is C15H7ClF2N4OS. The third-order valence-electron chi connectivity index (χ3n) is 3.33. The molecule has 0 atom stereocenters. The normalized spacial score (nSPS) is 11.3. The number of hydrogen-bond acceptors (Lipinski definition) is 5. The molecule has 0 amide bonds. The van der Waals surface area contributed by atoms with E-state index in [0.29, 0.717) is 31.7 Å². The van der Waals surface area contributed by atoms with Crippen molar-refractivity contribution in [1.82, 2.24) is 14.6 Å². The summed E-state index contributed by atoms with van der Waals surface area (Å²) in [5, 5.41) is 8.15. The highest BCUT2D eigenvalue weighted by Gasteiger charge is 2.12. The topological polar surface area (TPSA) is 59.3 Å². The molecule has 2 heterocycles. The van der Waals surface area contributed by atoms with Crippen molar-refractivity contribution in [3.05, 3.63) is 63.4 Å². The Morgan fingerprint density at radius 1 is 1.12 bits per heavy atom. The molecule has 0 fully saturated rings. The van der Waals surface area contributed by atoms with Gasteiger partial charge >= 0.3 is 0 Å². The molecule has 0 aliphatic carbocycles. The summed E-state index contributed by atoms with van der Waals surface area (Å²) in [7, 11) is 0. The molecule has 9 heteroatoms. The highest BCUT2D eigenvalue weighted by Crippen LogP contribution is 2.24. The Labute approximate surface area is 142 Å². The smallest absolute Gasteiger partial charge is 0.283 e. The first-order valence-electron chi connectivity index (χ1n) is 6.72. The van der Waals surface area contributed by atoms with Gasteiger partial charge in [-0.15, -0.1) is 5.10 Å². The summed E-state index contributed by atoms with van der Waals surface area (Å²) in [6.45, 7) is 0. The van der Waals surface area contributed by atoms with Crippen LogP contribution >= 0.6 is 22.9 Å². The Kier molecular flexibility index (Phi) is 3.43. The molecule has 4 rings (SSSR count). The molecule has 24 heavy (non-hydrogen) atoms. The van der Waals surface area contributed by atoms with Gasteiger partial charge in [0.2, 0.25) is 10.1 Å². The van der Waals surface area contributed by atoms with Gasteiger partial charge in [0, 0.05) is 16.8 Å². The molecule has 0 saturated heterocycles. The van der Waals surface area contributed by atoms with Crippen molar-refractivity contribution in [3.8, 4) is 0 Å². The predicted molar refractivity (Wildman–Crippen MR) is 89.3 cm³/mol. The number of nitrogens with zero attached hydrogens (tertiary/aromatic N) is 3. The molecule has 5 nitrogen and oxygen atoms in total. The lowest BCUT2D eigenvalue weighted by molar-refractivity contribution is 0.509. The fraction of sp³-hybridized carbons (Fsp3) is 0. The van der Waals surface area contributed by atoms with Crippen LogP contribution in [0.15, 0.2) is 41.2 Å². The second-order valence-electron chi connectivity index (χ2n) is 4.93. The minimum Gasteiger partial charge on any atom is -0.330 e. The van der Waals surface area contributed by atoms with Gasteiger partial charge in [-0.2, -0.15) is 4.52 Å². The summed E-state index contributed by atoms with van der Waals surface area (Å²) in [4.78, 5) is 17.2. The van der Waals surface area contributed by atoms with Crippen molar-refractivity contribution < 1.29 is 8.78 Å². The first-order valence-corrected chi connectivity index (χ1v) is 7.92. The van der Waals surface area contributed by atoms with Crippen LogP contribution in [-0.4, -0.2) is 14.6 Å². The van der Waals surface area contributed by atoms with Crippen LogP contribution in [0.3, 0.4) is 0 Å². The van der Waals surface area contributed by atoms with E-state index in [1.165, 1.54) is 6.07 Å². The maximum Gasteiger partial charge on any atom is 0.283 e. The van der Waals surface area contributed by atoms with Crippen molar-refractivity contribution >= 4 is 49.6 Å². The molecule has 4 aromatic rings. The number of halogens is 3. The van der Waals surface area contributed by atoms with E-state index in [4.69, 9.17) is 11.6 Å². The van der Waals surface area contributed by atoms with E-state index in [1.807, 2.05) is 0 Å². The SMILES string of the molecule is O=c1c2ccc(Cl)cc2nc2sc(Nc3ccc(F)c(F)c3)nn12. The first-order chi connectivity index (χ1) is 11.5. The van der Waals surface area contributed by atoms with Crippen LogP contribution in [0.1, 0.15) is 0 Å². The minimum absolute atomic E-state index is 0.314. The van der Waals surface area contributed by atoms with Crippen LogP contribution in [0.4, 0.5) is 19.6 Å². The van der Waals surface area contributed by atoms with Crippen LogP contribution in [0.5, 0.6) is 0 Å². The van der Waals surface area contributed by atoms with E-state index < -0.39 is 11.6 Å². The Bertz CT molecular complexity index is 1160. The lowest BCUT2D eigenvalue weighted by Crippen LogP contribution is -2.15. The van der Waals surface area contributed by atoms with Gasteiger partial charge in [0.25, 0.3) is 5.56 Å². The number of benzene rings is 2. The van der Waals surface area contributed by atoms with Crippen LogP contribution in [0, 0.1) is 11.6 Å². The average molecular weight is 365 g/mol. The molecule has 0 saturated carbocycles. The summed E-state index contributed by atoms with van der Waals surface area (Å²) in [5.74, 6) is -1.91. The first kappa shape index (κ1) is 15.0. The van der Waals surface area contributed by atoms with E-state index in [2.05, 4.69) is 15.4 Å². The molecule has 0 aliphatic heterocycles. The van der Waals surface area contributed by atoms with Gasteiger partial charge in [-0.1, -0.05) is 22.9 Å². The molecular weight excluding hydrogens is 358 g/mol. The number of aromatic nitrogens is 3. The molecule has 0 bridgehead atoms. The van der Waals surface area contributed by atoms with Crippen molar-refractivity contribution in [2.45, 2.75) is 0 Å². The number of fused-ring (bicyclic) bond motifs is 2. The van der Waals surface area contributed by atoms with Gasteiger partial charge in [-0.3, -0.25) is 4.79 Å². The molecule has 120 valence electrons. The lowest BCUT2D eigenvalue weighted by atomic mass is 10.2. The van der Waals surface area contributed by atoms with E-state index in [0.717, 1.165) is 28.0 Å². The van der Waals surface area contributed by atoms with Gasteiger partial charge in [0.05, 0.1) is 10.9 Å². The van der Waals surface area contributed by atoms with Crippen molar-refractivity contribution in [2.75, 3.05) is 5.32 Å². The minimum atomic E-state index is -0.975. The number of anilines is 2. The molecule has 0 unspecified atom stereocenters. The Balaban J connectivity index is 1.83. The Morgan fingerprint density at radius 3 is 2.75 bits per heavy atom. The molecule has 0 spiro atoms. The van der Waals surface area contributed by atoms with Gasteiger partial charge < -0.3 is 5.32 Å². The predicted octanol–water partition coefficient (Wildman–Crippen LogP) is 3.98. The van der Waals surface area contributed by atoms with E-state index in [9.17, 15) is 13.6 Å². The van der Waals surface area contributed by atoms with E-state index in [1.54, 1.807) is 18.2 Å². The fourth-order valence-electron chi connectivity index (χ4n) is 2.23. The van der Waals surface area contributed by atoms with Crippen LogP contribution < -0.4 is 10.9 Å². The zero-order valence-corrected chi connectivity index (χ0v) is 13.3. The van der Waals surface area contributed by atoms with Gasteiger partial charge in [0.1, 0.15) is 0 Å². The second kappa shape index (κ2) is 5.50. The summed E-state index contributed by atoms with van der Waals surface area (Å²) >= 11 is 7.03. The van der Waals surface area contributed by atoms with Crippen molar-refractivity contribution in [1.29, 1.82) is 0 Å². The Morgan fingerprint density at radius 2 is 1.96 bits per heavy atom. The third kappa shape index (κ3) is 2.49. The monoisotopic (exact) mass is 364 g/mol. The van der Waals surface area contributed by atoms with Gasteiger partial charge in [-0.05, 0) is 30.3 Å². The van der Waals surface area contributed by atoms with E-state index in [-0.39, 0.29) is 5.56 Å².